The van der Waals surface area contributed by atoms with E-state index in [0.29, 0.717) is 16.8 Å². The van der Waals surface area contributed by atoms with Crippen LogP contribution in [0.5, 0.6) is 5.88 Å². The lowest BCUT2D eigenvalue weighted by Gasteiger charge is -2.12. The lowest BCUT2D eigenvalue weighted by atomic mass is 10.0. The van der Waals surface area contributed by atoms with Crippen molar-refractivity contribution >= 4 is 59.2 Å². The van der Waals surface area contributed by atoms with E-state index in [1.165, 1.54) is 30.5 Å². The van der Waals surface area contributed by atoms with Crippen molar-refractivity contribution in [2.75, 3.05) is 0 Å². The molecule has 1 aliphatic rings. The van der Waals surface area contributed by atoms with Gasteiger partial charge in [-0.3, -0.25) is 19.5 Å². The molecular formula is C17H12N4O7S2. The van der Waals surface area contributed by atoms with Gasteiger partial charge in [0.25, 0.3) is 5.69 Å². The van der Waals surface area contributed by atoms with Crippen LogP contribution in [0, 0.1) is 14.1 Å². The molecule has 0 spiro atoms. The van der Waals surface area contributed by atoms with Crippen LogP contribution in [0.3, 0.4) is 0 Å². The molecule has 3 N–H and O–H groups in total. The van der Waals surface area contributed by atoms with Crippen LogP contribution in [0.1, 0.15) is 22.9 Å². The molecule has 0 bridgehead atoms. The number of aliphatic carboxylic acids is 2. The summed E-state index contributed by atoms with van der Waals surface area (Å²) in [6.45, 7) is 0. The number of rotatable bonds is 7. The predicted molar refractivity (Wildman–Crippen MR) is 110 cm³/mol. The van der Waals surface area contributed by atoms with Crippen molar-refractivity contribution in [3.8, 4) is 5.88 Å². The summed E-state index contributed by atoms with van der Waals surface area (Å²) in [5.41, 5.74) is 0.998. The summed E-state index contributed by atoms with van der Waals surface area (Å²) in [4.78, 5) is 33.1. The van der Waals surface area contributed by atoms with E-state index in [1.54, 1.807) is 6.07 Å². The van der Waals surface area contributed by atoms with E-state index in [-0.39, 0.29) is 14.5 Å². The maximum atomic E-state index is 11.5. The highest BCUT2D eigenvalue weighted by Gasteiger charge is 2.28. The van der Waals surface area contributed by atoms with Gasteiger partial charge in [-0.05, 0) is 18.3 Å². The van der Waals surface area contributed by atoms with Crippen molar-refractivity contribution in [1.82, 2.24) is 4.57 Å². The number of thiazole rings is 1. The highest BCUT2D eigenvalue weighted by molar-refractivity contribution is 7.73. The zero-order valence-electron chi connectivity index (χ0n) is 14.8. The second-order valence-electron chi connectivity index (χ2n) is 5.98. The molecule has 1 aromatic heterocycles. The minimum atomic E-state index is -1.58. The van der Waals surface area contributed by atoms with Gasteiger partial charge in [-0.1, -0.05) is 12.1 Å². The second kappa shape index (κ2) is 8.34. The van der Waals surface area contributed by atoms with Crippen LogP contribution >= 0.6 is 23.6 Å². The third kappa shape index (κ3) is 4.16. The summed E-state index contributed by atoms with van der Waals surface area (Å²) < 4.78 is 0.829. The maximum absolute atomic E-state index is 11.5. The molecule has 2 aromatic rings. The van der Waals surface area contributed by atoms with Crippen LogP contribution < -0.4 is 0 Å². The summed E-state index contributed by atoms with van der Waals surface area (Å²) in [5.74, 6) is -3.33. The Labute approximate surface area is 176 Å². The predicted octanol–water partition coefficient (Wildman–Crippen LogP) is 2.87. The number of hydrogen-bond acceptors (Lipinski definition) is 9. The minimum Gasteiger partial charge on any atom is -0.493 e. The highest BCUT2D eigenvalue weighted by atomic mass is 32.1. The van der Waals surface area contributed by atoms with Gasteiger partial charge in [0.05, 0.1) is 22.4 Å². The fourth-order valence-electron chi connectivity index (χ4n) is 2.72. The van der Waals surface area contributed by atoms with Crippen LogP contribution in [0.2, 0.25) is 0 Å². The van der Waals surface area contributed by atoms with E-state index in [2.05, 4.69) is 10.2 Å². The largest absolute Gasteiger partial charge is 0.493 e. The van der Waals surface area contributed by atoms with E-state index in [9.17, 15) is 29.9 Å². The quantitative estimate of drug-likeness (QED) is 0.330. The Morgan fingerprint density at radius 3 is 2.73 bits per heavy atom. The molecular weight excluding hydrogens is 436 g/mol. The zero-order valence-corrected chi connectivity index (χ0v) is 16.5. The van der Waals surface area contributed by atoms with Crippen molar-refractivity contribution in [1.29, 1.82) is 0 Å². The third-order valence-electron chi connectivity index (χ3n) is 4.05. The molecule has 1 aromatic carbocycles. The first-order chi connectivity index (χ1) is 14.2. The Bertz CT molecular complexity index is 1210. The standard InChI is InChI=1S/C17H12N4O7S2/c22-13(23)6-11(16(25)26)20-15(24)12(30-17(20)29)5-9-7-18-19-14(9)8-2-1-3-10(4-8)21(27)28/h1-5,7,11,24H,6H2,(H,22,23)(H,25,26)/b9-5+. The Morgan fingerprint density at radius 1 is 1.37 bits per heavy atom. The molecule has 154 valence electrons. The van der Waals surface area contributed by atoms with Gasteiger partial charge in [0.2, 0.25) is 5.88 Å². The normalized spacial score (nSPS) is 15.2. The smallest absolute Gasteiger partial charge is 0.327 e. The van der Waals surface area contributed by atoms with E-state index in [0.717, 1.165) is 15.9 Å². The van der Waals surface area contributed by atoms with Gasteiger partial charge in [-0.25, -0.2) is 4.79 Å². The number of non-ortho nitro benzene ring substituents is 1. The number of hydrogen-bond donors (Lipinski definition) is 3. The third-order valence-corrected chi connectivity index (χ3v) is 5.39. The molecule has 3 rings (SSSR count). The van der Waals surface area contributed by atoms with Crippen LogP contribution in [-0.2, 0) is 9.59 Å². The summed E-state index contributed by atoms with van der Waals surface area (Å²) in [6, 6.07) is 4.17. The number of nitrogens with zero attached hydrogens (tertiary/aromatic N) is 4. The summed E-state index contributed by atoms with van der Waals surface area (Å²) in [5, 5.41) is 47.6. The van der Waals surface area contributed by atoms with Crippen molar-refractivity contribution in [2.24, 2.45) is 10.2 Å². The SMILES string of the molecule is O=C(O)CC(C(=O)O)n1c(O)c(/C=C2\C=NN=C2c2cccc([N+](=O)[O-])c2)sc1=S. The molecule has 11 nitrogen and oxygen atoms in total. The fraction of sp³-hybridized carbons (Fsp3) is 0.118. The van der Waals surface area contributed by atoms with Crippen LogP contribution in [0.4, 0.5) is 5.69 Å². The number of nitro groups is 1. The number of aromatic hydroxyl groups is 1. The maximum Gasteiger partial charge on any atom is 0.327 e. The lowest BCUT2D eigenvalue weighted by Crippen LogP contribution is -2.22. The number of allylic oxidation sites excluding steroid dienone is 1. The van der Waals surface area contributed by atoms with Crippen LogP contribution in [0.15, 0.2) is 40.0 Å². The monoisotopic (exact) mass is 448 g/mol. The molecule has 1 unspecified atom stereocenters. The van der Waals surface area contributed by atoms with Gasteiger partial charge < -0.3 is 15.3 Å². The van der Waals surface area contributed by atoms with Gasteiger partial charge >= 0.3 is 11.9 Å². The summed E-state index contributed by atoms with van der Waals surface area (Å²) >= 11 is 5.99. The average Bonchev–Trinajstić information content (AvgIpc) is 3.24. The fourth-order valence-corrected chi connectivity index (χ4v) is 4.08. The summed E-state index contributed by atoms with van der Waals surface area (Å²) in [7, 11) is 0. The van der Waals surface area contributed by atoms with E-state index in [4.69, 9.17) is 17.3 Å². The first kappa shape index (κ1) is 21.0. The number of carboxylic acids is 2. The molecule has 1 aliphatic heterocycles. The van der Waals surface area contributed by atoms with Crippen molar-refractivity contribution in [3.05, 3.63) is 54.3 Å². The zero-order chi connectivity index (χ0) is 22.0. The van der Waals surface area contributed by atoms with E-state index < -0.39 is 35.2 Å². The first-order valence-electron chi connectivity index (χ1n) is 8.16. The van der Waals surface area contributed by atoms with E-state index >= 15 is 0 Å². The summed E-state index contributed by atoms with van der Waals surface area (Å²) in [6.07, 6.45) is 2.04. The van der Waals surface area contributed by atoms with Crippen LogP contribution in [0.25, 0.3) is 6.08 Å². The minimum absolute atomic E-state index is 0.0308. The molecule has 0 saturated carbocycles. The van der Waals surface area contributed by atoms with Crippen molar-refractivity contribution in [3.63, 3.8) is 0 Å². The Hall–Kier alpha value is -3.71. The Kier molecular flexibility index (Phi) is 5.84. The Balaban J connectivity index is 2.02. The molecule has 13 heteroatoms. The van der Waals surface area contributed by atoms with Crippen LogP contribution in [-0.4, -0.2) is 48.7 Å². The lowest BCUT2D eigenvalue weighted by molar-refractivity contribution is -0.384. The molecule has 0 amide bonds. The number of aromatic nitrogens is 1. The molecule has 0 saturated heterocycles. The van der Waals surface area contributed by atoms with Gasteiger partial charge in [-0.2, -0.15) is 5.10 Å². The topological polar surface area (TPSA) is 168 Å². The highest BCUT2D eigenvalue weighted by Crippen LogP contribution is 2.33. The molecule has 1 atom stereocenters. The molecule has 0 aliphatic carbocycles. The van der Waals surface area contributed by atoms with Gasteiger partial charge in [0.15, 0.2) is 3.95 Å². The van der Waals surface area contributed by atoms with Crippen molar-refractivity contribution < 1.29 is 29.8 Å². The van der Waals surface area contributed by atoms with Gasteiger partial charge in [0.1, 0.15) is 11.8 Å². The number of carboxylic acid groups (broad SMARTS) is 2. The van der Waals surface area contributed by atoms with Gasteiger partial charge in [-0.15, -0.1) is 16.4 Å². The number of carbonyl (C=O) groups is 2. The Morgan fingerprint density at radius 2 is 2.10 bits per heavy atom. The first-order valence-corrected chi connectivity index (χ1v) is 9.38. The molecule has 0 fully saturated rings. The van der Waals surface area contributed by atoms with Gasteiger partial charge in [0, 0.05) is 23.3 Å². The number of benzene rings is 1. The second-order valence-corrected chi connectivity index (χ2v) is 7.65. The average molecular weight is 448 g/mol. The molecule has 30 heavy (non-hydrogen) atoms. The number of nitro benzene ring substituents is 1. The molecule has 2 heterocycles. The van der Waals surface area contributed by atoms with E-state index in [1.807, 2.05) is 0 Å². The molecule has 0 radical (unpaired) electrons. The van der Waals surface area contributed by atoms with Crippen molar-refractivity contribution in [2.45, 2.75) is 12.5 Å².